The molecule has 0 radical (unpaired) electrons. The molecule has 0 aliphatic carbocycles. The number of hydrogen-bond acceptors (Lipinski definition) is 3. The Morgan fingerprint density at radius 3 is 2.59 bits per heavy atom. The summed E-state index contributed by atoms with van der Waals surface area (Å²) in [4.78, 5) is 11.3. The zero-order valence-corrected chi connectivity index (χ0v) is 10.3. The summed E-state index contributed by atoms with van der Waals surface area (Å²) in [5, 5.41) is 0. The molecule has 0 amide bonds. The second-order valence-corrected chi connectivity index (χ2v) is 4.34. The predicted molar refractivity (Wildman–Crippen MR) is 61.6 cm³/mol. The van der Waals surface area contributed by atoms with Crippen LogP contribution in [0.2, 0.25) is 0 Å². The van der Waals surface area contributed by atoms with Crippen LogP contribution in [0.4, 0.5) is 4.39 Å². The molecule has 1 N–H and O–H groups in total. The van der Waals surface area contributed by atoms with Crippen molar-refractivity contribution in [3.63, 3.8) is 0 Å². The maximum atomic E-state index is 13.6. The Kier molecular flexibility index (Phi) is 4.77. The Labute approximate surface area is 101 Å². The van der Waals surface area contributed by atoms with Gasteiger partial charge in [0.25, 0.3) is 0 Å². The van der Waals surface area contributed by atoms with E-state index < -0.39 is 22.9 Å². The topological polar surface area (TPSA) is 63.6 Å². The highest BCUT2D eigenvalue weighted by molar-refractivity contribution is 7.78. The number of halogens is 1. The zero-order valence-electron chi connectivity index (χ0n) is 9.53. The summed E-state index contributed by atoms with van der Waals surface area (Å²) in [6.45, 7) is 1.80. The molecule has 6 heteroatoms. The van der Waals surface area contributed by atoms with Gasteiger partial charge in [-0.3, -0.25) is 0 Å². The summed E-state index contributed by atoms with van der Waals surface area (Å²) in [5.41, 5.74) is 0.873. The van der Waals surface area contributed by atoms with Crippen LogP contribution in [-0.2, 0) is 28.0 Å². The molecule has 0 aliphatic heterocycles. The number of rotatable bonds is 4. The maximum Gasteiger partial charge on any atom is 0.340 e. The van der Waals surface area contributed by atoms with E-state index in [2.05, 4.69) is 4.74 Å². The molecule has 0 bridgehead atoms. The van der Waals surface area contributed by atoms with Crippen molar-refractivity contribution >= 4 is 17.0 Å². The molecule has 0 fully saturated rings. The normalized spacial score (nSPS) is 12.2. The lowest BCUT2D eigenvalue weighted by atomic mass is 10.0. The maximum absolute atomic E-state index is 13.6. The van der Waals surface area contributed by atoms with E-state index in [0.717, 1.165) is 7.11 Å². The predicted octanol–water partition coefficient (Wildman–Crippen LogP) is 1.90. The molecule has 1 aromatic carbocycles. The Morgan fingerprint density at radius 2 is 2.12 bits per heavy atom. The molecule has 94 valence electrons. The lowest BCUT2D eigenvalue weighted by molar-refractivity contribution is 0.0595. The summed E-state index contributed by atoms with van der Waals surface area (Å²) in [6.07, 6.45) is 0.519. The van der Waals surface area contributed by atoms with Crippen LogP contribution in [0.3, 0.4) is 0 Å². The fourth-order valence-electron chi connectivity index (χ4n) is 1.52. The second-order valence-electron chi connectivity index (χ2n) is 3.41. The van der Waals surface area contributed by atoms with Gasteiger partial charge in [-0.15, -0.1) is 0 Å². The van der Waals surface area contributed by atoms with Gasteiger partial charge < -0.3 is 9.29 Å². The first-order valence-corrected chi connectivity index (χ1v) is 6.24. The zero-order chi connectivity index (χ0) is 13.0. The van der Waals surface area contributed by atoms with E-state index in [0.29, 0.717) is 17.5 Å². The molecule has 1 unspecified atom stereocenters. The van der Waals surface area contributed by atoms with Crippen LogP contribution in [0, 0.1) is 5.82 Å². The third-order valence-corrected chi connectivity index (χ3v) is 2.91. The minimum absolute atomic E-state index is 0.132. The molecule has 0 saturated heterocycles. The van der Waals surface area contributed by atoms with Gasteiger partial charge in [-0.1, -0.05) is 6.92 Å². The van der Waals surface area contributed by atoms with E-state index >= 15 is 0 Å². The van der Waals surface area contributed by atoms with Gasteiger partial charge in [0.2, 0.25) is 0 Å². The minimum atomic E-state index is -2.03. The van der Waals surface area contributed by atoms with Crippen molar-refractivity contribution < 1.29 is 22.7 Å². The van der Waals surface area contributed by atoms with E-state index in [1.807, 2.05) is 0 Å². The van der Waals surface area contributed by atoms with Gasteiger partial charge in [0.15, 0.2) is 11.1 Å². The average Bonchev–Trinajstić information content (AvgIpc) is 2.29. The van der Waals surface area contributed by atoms with Gasteiger partial charge >= 0.3 is 5.97 Å². The van der Waals surface area contributed by atoms with E-state index in [4.69, 9.17) is 4.55 Å². The third-order valence-electron chi connectivity index (χ3n) is 2.35. The highest BCUT2D eigenvalue weighted by atomic mass is 32.2. The number of carbonyl (C=O) groups is 1. The molecular formula is C11H13FO4S. The molecular weight excluding hydrogens is 247 g/mol. The Morgan fingerprint density at radius 1 is 1.47 bits per heavy atom. The van der Waals surface area contributed by atoms with E-state index in [1.165, 1.54) is 12.1 Å². The summed E-state index contributed by atoms with van der Waals surface area (Å²) < 4.78 is 37.6. The Balaban J connectivity index is 3.26. The quantitative estimate of drug-likeness (QED) is 0.663. The number of benzene rings is 1. The molecule has 17 heavy (non-hydrogen) atoms. The highest BCUT2D eigenvalue weighted by Crippen LogP contribution is 2.19. The van der Waals surface area contributed by atoms with Crippen LogP contribution in [0.5, 0.6) is 0 Å². The first kappa shape index (κ1) is 13.8. The molecule has 1 aromatic rings. The van der Waals surface area contributed by atoms with Crippen LogP contribution in [0.1, 0.15) is 28.4 Å². The smallest absolute Gasteiger partial charge is 0.340 e. The number of ether oxygens (including phenoxy) is 1. The number of carbonyl (C=O) groups excluding carboxylic acids is 1. The van der Waals surface area contributed by atoms with Crippen molar-refractivity contribution in [2.75, 3.05) is 7.11 Å². The second kappa shape index (κ2) is 5.88. The van der Waals surface area contributed by atoms with E-state index in [9.17, 15) is 13.4 Å². The molecule has 4 nitrogen and oxygen atoms in total. The summed E-state index contributed by atoms with van der Waals surface area (Å²) in [6, 6.07) is 2.47. The van der Waals surface area contributed by atoms with E-state index in [1.54, 1.807) is 6.92 Å². The minimum Gasteiger partial charge on any atom is -0.465 e. The van der Waals surface area contributed by atoms with Crippen molar-refractivity contribution in [3.8, 4) is 0 Å². The number of methoxy groups -OCH3 is 1. The summed E-state index contributed by atoms with van der Waals surface area (Å²) >= 11 is -2.03. The number of aryl methyl sites for hydroxylation is 1. The Bertz CT molecular complexity index is 459. The van der Waals surface area contributed by atoms with Crippen LogP contribution in [-0.4, -0.2) is 21.8 Å². The average molecular weight is 260 g/mol. The number of esters is 1. The third kappa shape index (κ3) is 3.34. The van der Waals surface area contributed by atoms with Crippen molar-refractivity contribution in [1.82, 2.24) is 0 Å². The molecule has 1 rings (SSSR count). The van der Waals surface area contributed by atoms with Gasteiger partial charge in [0.1, 0.15) is 5.82 Å². The van der Waals surface area contributed by atoms with Gasteiger partial charge in [-0.25, -0.2) is 13.4 Å². The van der Waals surface area contributed by atoms with Crippen LogP contribution >= 0.6 is 0 Å². The fourth-order valence-corrected chi connectivity index (χ4v) is 2.06. The molecule has 0 heterocycles. The molecule has 0 aromatic heterocycles. The lowest BCUT2D eigenvalue weighted by Gasteiger charge is -2.09. The molecule has 0 saturated carbocycles. The monoisotopic (exact) mass is 260 g/mol. The molecule has 0 aliphatic rings. The fraction of sp³-hybridized carbons (Fsp3) is 0.364. The Hall–Kier alpha value is -1.27. The van der Waals surface area contributed by atoms with Gasteiger partial charge in [-0.05, 0) is 29.7 Å². The van der Waals surface area contributed by atoms with E-state index in [-0.39, 0.29) is 11.3 Å². The van der Waals surface area contributed by atoms with Crippen LogP contribution in [0.15, 0.2) is 12.1 Å². The van der Waals surface area contributed by atoms with Crippen LogP contribution in [0.25, 0.3) is 0 Å². The van der Waals surface area contributed by atoms with Crippen molar-refractivity contribution in [2.45, 2.75) is 19.1 Å². The van der Waals surface area contributed by atoms with Gasteiger partial charge in [-0.2, -0.15) is 0 Å². The van der Waals surface area contributed by atoms with Crippen molar-refractivity contribution in [1.29, 1.82) is 0 Å². The molecule has 1 atom stereocenters. The highest BCUT2D eigenvalue weighted by Gasteiger charge is 2.16. The first-order chi connectivity index (χ1) is 7.99. The first-order valence-electron chi connectivity index (χ1n) is 4.96. The van der Waals surface area contributed by atoms with Crippen molar-refractivity contribution in [3.05, 3.63) is 34.6 Å². The summed E-state index contributed by atoms with van der Waals surface area (Å²) in [7, 11) is 1.15. The number of hydrogen-bond donors (Lipinski definition) is 1. The van der Waals surface area contributed by atoms with Crippen molar-refractivity contribution in [2.24, 2.45) is 0 Å². The van der Waals surface area contributed by atoms with Crippen LogP contribution < -0.4 is 0 Å². The van der Waals surface area contributed by atoms with Gasteiger partial charge in [0.05, 0.1) is 18.4 Å². The lowest BCUT2D eigenvalue weighted by Crippen LogP contribution is -2.08. The largest absolute Gasteiger partial charge is 0.465 e. The van der Waals surface area contributed by atoms with Gasteiger partial charge in [0, 0.05) is 0 Å². The summed E-state index contributed by atoms with van der Waals surface area (Å²) in [5.74, 6) is -1.61. The standard InChI is InChI=1S/C11H13FO4S/c1-3-7-5-10(12)9(11(13)16-2)4-8(7)6-17(14)15/h4-5H,3,6H2,1-2H3,(H,14,15). The SMILES string of the molecule is CCc1cc(F)c(C(=O)OC)cc1CS(=O)O. The molecule has 0 spiro atoms.